The van der Waals surface area contributed by atoms with Crippen LogP contribution < -0.4 is 5.32 Å². The van der Waals surface area contributed by atoms with Crippen molar-refractivity contribution in [2.24, 2.45) is 0 Å². The first-order chi connectivity index (χ1) is 10.0. The van der Waals surface area contributed by atoms with E-state index in [1.807, 2.05) is 0 Å². The van der Waals surface area contributed by atoms with Gasteiger partial charge in [0.1, 0.15) is 0 Å². The number of hydrogen-bond acceptors (Lipinski definition) is 4. The topological polar surface area (TPSA) is 75.7 Å². The molecule has 0 aromatic rings. The molecule has 116 valence electrons. The Morgan fingerprint density at radius 2 is 2.14 bits per heavy atom. The molecule has 2 aliphatic rings. The number of Topliss-reactive ketones (excluding diaryl/α,β-unsaturated/α-hetero) is 1. The second-order valence-corrected chi connectivity index (χ2v) is 5.54. The molecular weight excluding hydrogens is 272 g/mol. The summed E-state index contributed by atoms with van der Waals surface area (Å²) >= 11 is 0. The minimum absolute atomic E-state index is 0.000832. The molecule has 0 aromatic carbocycles. The molecule has 2 aliphatic heterocycles. The van der Waals surface area contributed by atoms with Gasteiger partial charge in [-0.25, -0.2) is 4.79 Å². The molecule has 0 aromatic heterocycles. The molecule has 2 heterocycles. The Morgan fingerprint density at radius 3 is 2.86 bits per heavy atom. The van der Waals surface area contributed by atoms with E-state index in [1.54, 1.807) is 6.92 Å². The van der Waals surface area contributed by atoms with Crippen LogP contribution in [0.4, 0.5) is 4.79 Å². The number of carbonyl (C=O) groups is 3. The van der Waals surface area contributed by atoms with Crippen LogP contribution in [0.2, 0.25) is 0 Å². The van der Waals surface area contributed by atoms with Crippen LogP contribution in [-0.4, -0.2) is 35.3 Å². The van der Waals surface area contributed by atoms with Crippen LogP contribution in [0.25, 0.3) is 0 Å². The first-order valence-electron chi connectivity index (χ1n) is 7.58. The number of amides is 2. The third-order valence-corrected chi connectivity index (χ3v) is 3.95. The van der Waals surface area contributed by atoms with E-state index < -0.39 is 12.1 Å². The Labute approximate surface area is 124 Å². The molecule has 2 amide bonds. The number of rotatable bonds is 5. The molecule has 2 rings (SSSR count). The van der Waals surface area contributed by atoms with E-state index in [9.17, 15) is 14.4 Å². The lowest BCUT2D eigenvalue weighted by Gasteiger charge is -2.19. The number of nitrogens with zero attached hydrogens (tertiary/aromatic N) is 1. The Hall–Kier alpha value is -1.85. The molecule has 0 bridgehead atoms. The molecular formula is C15H22N2O4. The van der Waals surface area contributed by atoms with Gasteiger partial charge in [0.05, 0.1) is 11.6 Å². The summed E-state index contributed by atoms with van der Waals surface area (Å²) in [6.45, 7) is 4.18. The number of ether oxygens (including phenoxy) is 1. The lowest BCUT2D eigenvalue weighted by atomic mass is 10.0. The smallest absolute Gasteiger partial charge is 0.393 e. The predicted molar refractivity (Wildman–Crippen MR) is 76.2 cm³/mol. The highest BCUT2D eigenvalue weighted by molar-refractivity contribution is 6.02. The van der Waals surface area contributed by atoms with Crippen LogP contribution in [0, 0.1) is 0 Å². The lowest BCUT2D eigenvalue weighted by Crippen LogP contribution is -2.38. The number of carbonyl (C=O) groups excluding carboxylic acids is 3. The number of ketones is 1. The third-order valence-electron chi connectivity index (χ3n) is 3.95. The van der Waals surface area contributed by atoms with Gasteiger partial charge < -0.3 is 4.74 Å². The maximum Gasteiger partial charge on any atom is 0.417 e. The summed E-state index contributed by atoms with van der Waals surface area (Å²) < 4.78 is 5.20. The minimum atomic E-state index is -0.549. The van der Waals surface area contributed by atoms with Crippen molar-refractivity contribution in [1.82, 2.24) is 10.2 Å². The van der Waals surface area contributed by atoms with Gasteiger partial charge in [0.2, 0.25) is 11.8 Å². The van der Waals surface area contributed by atoms with Crippen molar-refractivity contribution in [2.45, 2.75) is 58.4 Å². The fourth-order valence-corrected chi connectivity index (χ4v) is 2.69. The number of fused-ring (bicyclic) bond motifs is 1. The van der Waals surface area contributed by atoms with Crippen molar-refractivity contribution in [3.63, 3.8) is 0 Å². The maximum absolute atomic E-state index is 12.3. The highest BCUT2D eigenvalue weighted by Crippen LogP contribution is 2.26. The molecule has 1 fully saturated rings. The monoisotopic (exact) mass is 294 g/mol. The van der Waals surface area contributed by atoms with Crippen LogP contribution in [-0.2, 0) is 14.3 Å². The van der Waals surface area contributed by atoms with Gasteiger partial charge in [-0.1, -0.05) is 19.8 Å². The van der Waals surface area contributed by atoms with Crippen LogP contribution in [0.3, 0.4) is 0 Å². The van der Waals surface area contributed by atoms with Gasteiger partial charge >= 0.3 is 6.09 Å². The molecule has 0 saturated carbocycles. The van der Waals surface area contributed by atoms with Crippen molar-refractivity contribution in [3.8, 4) is 0 Å². The molecule has 1 unspecified atom stereocenters. The first kappa shape index (κ1) is 15.5. The van der Waals surface area contributed by atoms with Gasteiger partial charge in [0.25, 0.3) is 0 Å². The van der Waals surface area contributed by atoms with Crippen molar-refractivity contribution < 1.29 is 19.1 Å². The first-order valence-corrected chi connectivity index (χ1v) is 7.58. The summed E-state index contributed by atoms with van der Waals surface area (Å²) in [5.74, 6) is -0.358. The van der Waals surface area contributed by atoms with Gasteiger partial charge in [-0.05, 0) is 26.2 Å². The molecule has 21 heavy (non-hydrogen) atoms. The molecule has 1 saturated heterocycles. The number of nitrogens with one attached hydrogen (secondary N) is 1. The SMILES string of the molecule is CCCCCC(=O)NC1=C(C)C(=O)C2CCCN2C(=O)O1. The average Bonchev–Trinajstić information content (AvgIpc) is 2.91. The Balaban J connectivity index is 2.07. The van der Waals surface area contributed by atoms with Crippen LogP contribution in [0.5, 0.6) is 0 Å². The Morgan fingerprint density at radius 1 is 1.38 bits per heavy atom. The van der Waals surface area contributed by atoms with E-state index in [0.29, 0.717) is 25.0 Å². The summed E-state index contributed by atoms with van der Waals surface area (Å²) in [6, 6.07) is -0.438. The minimum Gasteiger partial charge on any atom is -0.393 e. The van der Waals surface area contributed by atoms with Crippen molar-refractivity contribution in [1.29, 1.82) is 0 Å². The summed E-state index contributed by atoms with van der Waals surface area (Å²) in [7, 11) is 0. The van der Waals surface area contributed by atoms with Crippen LogP contribution >= 0.6 is 0 Å². The molecule has 1 atom stereocenters. The van der Waals surface area contributed by atoms with Gasteiger partial charge in [-0.3, -0.25) is 19.8 Å². The lowest BCUT2D eigenvalue weighted by molar-refractivity contribution is -0.121. The summed E-state index contributed by atoms with van der Waals surface area (Å²) in [5.41, 5.74) is 0.321. The van der Waals surface area contributed by atoms with Gasteiger partial charge in [0.15, 0.2) is 5.78 Å². The largest absolute Gasteiger partial charge is 0.417 e. The number of cyclic esters (lactones) is 1. The molecule has 0 radical (unpaired) electrons. The summed E-state index contributed by atoms with van der Waals surface area (Å²) in [5, 5.41) is 2.57. The van der Waals surface area contributed by atoms with Crippen molar-refractivity contribution in [2.75, 3.05) is 6.54 Å². The standard InChI is InChI=1S/C15H22N2O4/c1-3-4-5-8-12(18)16-14-10(2)13(19)11-7-6-9-17(11)15(20)21-14/h11H,3-9H2,1-2H3,(H,16,18). The van der Waals surface area contributed by atoms with E-state index >= 15 is 0 Å². The predicted octanol–water partition coefficient (Wildman–Crippen LogP) is 2.10. The van der Waals surface area contributed by atoms with E-state index in [-0.39, 0.29) is 17.6 Å². The zero-order valence-electron chi connectivity index (χ0n) is 12.6. The van der Waals surface area contributed by atoms with E-state index in [2.05, 4.69) is 12.2 Å². The zero-order chi connectivity index (χ0) is 15.4. The third kappa shape index (κ3) is 3.43. The summed E-state index contributed by atoms with van der Waals surface area (Å²) in [4.78, 5) is 37.6. The maximum atomic E-state index is 12.3. The molecule has 6 nitrogen and oxygen atoms in total. The van der Waals surface area contributed by atoms with E-state index in [1.165, 1.54) is 4.90 Å². The Kier molecular flexibility index (Phi) is 4.98. The normalized spacial score (nSPS) is 22.0. The second kappa shape index (κ2) is 6.74. The highest BCUT2D eigenvalue weighted by atomic mass is 16.6. The van der Waals surface area contributed by atoms with Gasteiger partial charge in [-0.2, -0.15) is 0 Å². The molecule has 0 spiro atoms. The Bertz CT molecular complexity index is 484. The van der Waals surface area contributed by atoms with Crippen LogP contribution in [0.1, 0.15) is 52.4 Å². The van der Waals surface area contributed by atoms with E-state index in [0.717, 1.165) is 25.7 Å². The van der Waals surface area contributed by atoms with Gasteiger partial charge in [-0.15, -0.1) is 0 Å². The van der Waals surface area contributed by atoms with E-state index in [4.69, 9.17) is 4.74 Å². The average molecular weight is 294 g/mol. The van der Waals surface area contributed by atoms with Gasteiger partial charge in [0, 0.05) is 13.0 Å². The zero-order valence-corrected chi connectivity index (χ0v) is 12.6. The fourth-order valence-electron chi connectivity index (χ4n) is 2.69. The molecule has 6 heteroatoms. The summed E-state index contributed by atoms with van der Waals surface area (Å²) in [6.07, 6.45) is 4.06. The number of unbranched alkanes of at least 4 members (excludes halogenated alkanes) is 2. The molecule has 1 N–H and O–H groups in total. The second-order valence-electron chi connectivity index (χ2n) is 5.54. The quantitative estimate of drug-likeness (QED) is 0.788. The number of hydrogen-bond donors (Lipinski definition) is 1. The fraction of sp³-hybridized carbons (Fsp3) is 0.667. The van der Waals surface area contributed by atoms with Crippen molar-refractivity contribution >= 4 is 17.8 Å². The van der Waals surface area contributed by atoms with Crippen molar-refractivity contribution in [3.05, 3.63) is 11.5 Å². The molecule has 0 aliphatic carbocycles. The van der Waals surface area contributed by atoms with Crippen LogP contribution in [0.15, 0.2) is 11.5 Å². The highest BCUT2D eigenvalue weighted by Gasteiger charge is 2.40.